The molecule has 4 aromatic rings. The number of hydrogen-bond acceptors (Lipinski definition) is 6. The molecule has 0 aliphatic carbocycles. The number of halogens is 1. The number of aliphatic carboxylic acids is 1. The maximum Gasteiger partial charge on any atom is 0.326 e. The van der Waals surface area contributed by atoms with Crippen LogP contribution in [0.1, 0.15) is 5.56 Å². The van der Waals surface area contributed by atoms with Crippen molar-refractivity contribution in [2.75, 3.05) is 10.8 Å². The maximum atomic E-state index is 15.9. The number of aromatic nitrogens is 2. The summed E-state index contributed by atoms with van der Waals surface area (Å²) in [4.78, 5) is 22.8. The fraction of sp³-hybridized carbons (Fsp3) is 0.125. The highest BCUT2D eigenvalue weighted by Crippen LogP contribution is 2.40. The van der Waals surface area contributed by atoms with Gasteiger partial charge in [0.15, 0.2) is 5.82 Å². The number of carboxylic acids is 1. The van der Waals surface area contributed by atoms with Crippen LogP contribution in [0.3, 0.4) is 0 Å². The summed E-state index contributed by atoms with van der Waals surface area (Å²) >= 11 is 0. The fourth-order valence-electron chi connectivity index (χ4n) is 3.97. The second-order valence-electron chi connectivity index (χ2n) is 8.10. The van der Waals surface area contributed by atoms with Crippen LogP contribution >= 0.6 is 0 Å². The zero-order valence-electron chi connectivity index (χ0n) is 18.6. The molecule has 3 aromatic carbocycles. The molecule has 1 aliphatic heterocycles. The quantitative estimate of drug-likeness (QED) is 0.391. The molecule has 0 atom stereocenters. The van der Waals surface area contributed by atoms with Gasteiger partial charge in [0.2, 0.25) is 0 Å². The van der Waals surface area contributed by atoms with Crippen molar-refractivity contribution in [1.82, 2.24) is 14.5 Å². The van der Waals surface area contributed by atoms with Gasteiger partial charge in [-0.2, -0.15) is 13.5 Å². The third kappa shape index (κ3) is 4.45. The van der Waals surface area contributed by atoms with E-state index >= 15 is 4.39 Å². The van der Waals surface area contributed by atoms with Crippen LogP contribution < -0.4 is 13.8 Å². The van der Waals surface area contributed by atoms with Crippen molar-refractivity contribution in [3.05, 3.63) is 78.4 Å². The van der Waals surface area contributed by atoms with Crippen LogP contribution in [0.5, 0.6) is 5.75 Å². The summed E-state index contributed by atoms with van der Waals surface area (Å²) in [6, 6.07) is 15.3. The molecule has 1 fully saturated rings. The van der Waals surface area contributed by atoms with Crippen LogP contribution in [0.2, 0.25) is 0 Å². The number of nitrogens with zero attached hydrogens (tertiary/aromatic N) is 3. The Hall–Kier alpha value is -4.45. The first-order chi connectivity index (χ1) is 17.2. The Morgan fingerprint density at radius 3 is 2.61 bits per heavy atom. The highest BCUT2D eigenvalue weighted by atomic mass is 32.2. The van der Waals surface area contributed by atoms with Crippen molar-refractivity contribution >= 4 is 38.5 Å². The molecule has 0 unspecified atom stereocenters. The van der Waals surface area contributed by atoms with Crippen LogP contribution in [0, 0.1) is 5.82 Å². The number of nitrogens with one attached hydrogen (secondary N) is 1. The van der Waals surface area contributed by atoms with Gasteiger partial charge in [0.05, 0.1) is 6.20 Å². The summed E-state index contributed by atoms with van der Waals surface area (Å²) in [5.41, 5.74) is 1.68. The molecule has 10 nitrogen and oxygen atoms in total. The van der Waals surface area contributed by atoms with Gasteiger partial charge in [-0.3, -0.25) is 14.3 Å². The molecule has 12 heteroatoms. The predicted octanol–water partition coefficient (Wildman–Crippen LogP) is 2.69. The van der Waals surface area contributed by atoms with E-state index in [1.165, 1.54) is 23.0 Å². The third-order valence-electron chi connectivity index (χ3n) is 5.59. The average Bonchev–Trinajstić information content (AvgIpc) is 3.40. The van der Waals surface area contributed by atoms with Crippen molar-refractivity contribution < 1.29 is 32.2 Å². The van der Waals surface area contributed by atoms with E-state index in [4.69, 9.17) is 9.84 Å². The van der Waals surface area contributed by atoms with Gasteiger partial charge in [0.1, 0.15) is 31.1 Å². The van der Waals surface area contributed by atoms with Crippen molar-refractivity contribution in [3.63, 3.8) is 0 Å². The Kier molecular flexibility index (Phi) is 5.80. The Labute approximate surface area is 204 Å². The van der Waals surface area contributed by atoms with E-state index in [0.717, 1.165) is 5.56 Å². The second-order valence-corrected chi connectivity index (χ2v) is 9.70. The number of benzene rings is 3. The normalized spacial score (nSPS) is 14.7. The lowest BCUT2D eigenvalue weighted by atomic mass is 10.0. The monoisotopic (exact) mass is 510 g/mol. The van der Waals surface area contributed by atoms with E-state index in [1.54, 1.807) is 18.3 Å². The molecule has 2 N–H and O–H groups in total. The van der Waals surface area contributed by atoms with Crippen molar-refractivity contribution in [2.24, 2.45) is 0 Å². The number of carboxylic acid groups (broad SMARTS) is 1. The Morgan fingerprint density at radius 1 is 1.14 bits per heavy atom. The van der Waals surface area contributed by atoms with Gasteiger partial charge in [-0.05, 0) is 28.6 Å². The zero-order chi connectivity index (χ0) is 25.4. The first-order valence-corrected chi connectivity index (χ1v) is 12.2. The topological polar surface area (TPSA) is 131 Å². The first kappa shape index (κ1) is 23.3. The van der Waals surface area contributed by atoms with E-state index in [2.05, 4.69) is 5.10 Å². The molecular formula is C24H19FN4O6S. The van der Waals surface area contributed by atoms with Crippen molar-refractivity contribution in [2.45, 2.75) is 13.2 Å². The Balaban J connectivity index is 1.61. The van der Waals surface area contributed by atoms with Crippen molar-refractivity contribution in [1.29, 1.82) is 0 Å². The largest absolute Gasteiger partial charge is 0.487 e. The number of rotatable bonds is 7. The number of carbonyl (C=O) groups is 2. The number of ether oxygens (including phenoxy) is 1. The molecule has 0 bridgehead atoms. The lowest BCUT2D eigenvalue weighted by Crippen LogP contribution is -2.30. The van der Waals surface area contributed by atoms with E-state index in [-0.39, 0.29) is 30.0 Å². The molecule has 1 amide bonds. The summed E-state index contributed by atoms with van der Waals surface area (Å²) in [7, 11) is -4.29. The van der Waals surface area contributed by atoms with E-state index < -0.39 is 34.4 Å². The Bertz CT molecular complexity index is 1600. The third-order valence-corrected chi connectivity index (χ3v) is 6.96. The molecule has 0 saturated carbocycles. The predicted molar refractivity (Wildman–Crippen MR) is 128 cm³/mol. The maximum absolute atomic E-state index is 15.9. The van der Waals surface area contributed by atoms with Crippen LogP contribution in [0.15, 0.2) is 67.0 Å². The van der Waals surface area contributed by atoms with Gasteiger partial charge >= 0.3 is 16.2 Å². The number of anilines is 1. The fourth-order valence-corrected chi connectivity index (χ4v) is 5.13. The molecule has 1 aromatic heterocycles. The molecule has 0 radical (unpaired) electrons. The van der Waals surface area contributed by atoms with Gasteiger partial charge in [0, 0.05) is 17.1 Å². The zero-order valence-corrected chi connectivity index (χ0v) is 19.4. The van der Waals surface area contributed by atoms with Crippen LogP contribution in [0.25, 0.3) is 21.9 Å². The summed E-state index contributed by atoms with van der Waals surface area (Å²) < 4.78 is 50.6. The lowest BCUT2D eigenvalue weighted by Gasteiger charge is -2.21. The molecule has 2 heterocycles. The molecule has 5 rings (SSSR count). The smallest absolute Gasteiger partial charge is 0.326 e. The minimum atomic E-state index is -4.29. The van der Waals surface area contributed by atoms with Gasteiger partial charge in [0.25, 0.3) is 5.91 Å². The molecule has 36 heavy (non-hydrogen) atoms. The molecule has 1 saturated heterocycles. The number of amides is 1. The average molecular weight is 511 g/mol. The van der Waals surface area contributed by atoms with E-state index in [0.29, 0.717) is 20.8 Å². The van der Waals surface area contributed by atoms with Gasteiger partial charge in [-0.1, -0.05) is 42.5 Å². The summed E-state index contributed by atoms with van der Waals surface area (Å²) in [6.07, 6.45) is 3.05. The van der Waals surface area contributed by atoms with Gasteiger partial charge < -0.3 is 9.84 Å². The van der Waals surface area contributed by atoms with Crippen LogP contribution in [-0.4, -0.2) is 41.7 Å². The molecule has 184 valence electrons. The summed E-state index contributed by atoms with van der Waals surface area (Å²) in [5.74, 6) is -2.73. The van der Waals surface area contributed by atoms with E-state index in [9.17, 15) is 18.0 Å². The summed E-state index contributed by atoms with van der Waals surface area (Å²) in [6.45, 7) is -0.844. The highest BCUT2D eigenvalue weighted by Gasteiger charge is 2.38. The summed E-state index contributed by atoms with van der Waals surface area (Å²) in [5, 5.41) is 13.5. The first-order valence-electron chi connectivity index (χ1n) is 10.7. The SMILES string of the molecule is O=C(O)Cn1cc(-c2ccc3c(F)c(N4CC(=O)NS4(=O)=O)c(OCc4ccccc4)cc3c2)cn1. The molecule has 0 spiro atoms. The van der Waals surface area contributed by atoms with Crippen molar-refractivity contribution in [3.8, 4) is 16.9 Å². The lowest BCUT2D eigenvalue weighted by molar-refractivity contribution is -0.137. The number of fused-ring (bicyclic) bond motifs is 1. The molecule has 1 aliphatic rings. The minimum absolute atomic E-state index is 0.0374. The Morgan fingerprint density at radius 2 is 1.92 bits per heavy atom. The van der Waals surface area contributed by atoms with Crippen LogP contribution in [0.4, 0.5) is 10.1 Å². The highest BCUT2D eigenvalue weighted by molar-refractivity contribution is 7.92. The molecular weight excluding hydrogens is 491 g/mol. The second kappa shape index (κ2) is 8.96. The standard InChI is InChI=1S/C24H19FN4O6S/c25-23-19-7-6-16(18-10-26-28(11-18)13-22(31)32)8-17(19)9-20(35-14-15-4-2-1-3-5-15)24(23)29-12-21(30)27-36(29,33)34/h1-11H,12-14H2,(H,27,30)(H,31,32). The number of hydrogen-bond donors (Lipinski definition) is 2. The number of carbonyl (C=O) groups excluding carboxylic acids is 1. The van der Waals surface area contributed by atoms with Gasteiger partial charge in [-0.15, -0.1) is 0 Å². The van der Waals surface area contributed by atoms with Gasteiger partial charge in [-0.25, -0.2) is 13.4 Å². The van der Waals surface area contributed by atoms with E-state index in [1.807, 2.05) is 35.1 Å². The minimum Gasteiger partial charge on any atom is -0.487 e. The van der Waals surface area contributed by atoms with Crippen LogP contribution in [-0.2, 0) is 33.0 Å².